The van der Waals surface area contributed by atoms with Crippen molar-refractivity contribution in [1.29, 1.82) is 0 Å². The number of anilines is 2. The number of aliphatic hydroxyl groups is 1. The van der Waals surface area contributed by atoms with Crippen molar-refractivity contribution in [3.63, 3.8) is 0 Å². The van der Waals surface area contributed by atoms with E-state index in [1.165, 1.54) is 32.8 Å². The average Bonchev–Trinajstić information content (AvgIpc) is 2.92. The van der Waals surface area contributed by atoms with Crippen molar-refractivity contribution in [2.75, 3.05) is 44.0 Å². The van der Waals surface area contributed by atoms with Crippen molar-refractivity contribution >= 4 is 182 Å². The van der Waals surface area contributed by atoms with E-state index >= 15 is 0 Å². The van der Waals surface area contributed by atoms with Crippen LogP contribution in [0, 0.1) is 21.4 Å². The lowest BCUT2D eigenvalue weighted by Crippen LogP contribution is -2.36. The van der Waals surface area contributed by atoms with Gasteiger partial charge in [0.05, 0.1) is 51.9 Å². The highest BCUT2D eigenvalue weighted by Crippen LogP contribution is 2.38. The van der Waals surface area contributed by atoms with Crippen LogP contribution in [0.15, 0.2) is 0 Å². The molecule has 0 fully saturated rings. The van der Waals surface area contributed by atoms with Crippen molar-refractivity contribution in [3.8, 4) is 0 Å². The summed E-state index contributed by atoms with van der Waals surface area (Å²) in [5, 5.41) is 19.5. The number of nitrogens with one attached hydrogen (secondary N) is 4. The quantitative estimate of drug-likeness (QED) is 0.177. The fourth-order valence-corrected chi connectivity index (χ4v) is 13.2. The van der Waals surface area contributed by atoms with Gasteiger partial charge in [0.25, 0.3) is 17.7 Å². The molecule has 0 aromatic heterocycles. The zero-order chi connectivity index (χ0) is 32.9. The summed E-state index contributed by atoms with van der Waals surface area (Å²) in [6.07, 6.45) is 0. The van der Waals surface area contributed by atoms with E-state index in [0.717, 1.165) is 0 Å². The maximum Gasteiger partial charge on any atom is 0.253 e. The average molecular weight is 1270 g/mol. The fourth-order valence-electron chi connectivity index (χ4n) is 3.60. The summed E-state index contributed by atoms with van der Waals surface area (Å²) in [5.41, 5.74) is 1.37. The molecule has 0 radical (unpaired) electrons. The maximum atomic E-state index is 13.5. The van der Waals surface area contributed by atoms with E-state index in [4.69, 9.17) is 5.11 Å². The fraction of sp³-hybridized carbons (Fsp3) is 0.280. The second-order valence-corrected chi connectivity index (χ2v) is 15.0. The third-order valence-electron chi connectivity index (χ3n) is 5.75. The van der Waals surface area contributed by atoms with Crippen LogP contribution in [0.5, 0.6) is 0 Å². The first kappa shape index (κ1) is 39.0. The maximum absolute atomic E-state index is 13.5. The molecule has 0 bridgehead atoms. The minimum absolute atomic E-state index is 0.00178. The van der Waals surface area contributed by atoms with Crippen LogP contribution in [0.3, 0.4) is 0 Å². The van der Waals surface area contributed by atoms with Crippen molar-refractivity contribution in [1.82, 2.24) is 16.0 Å². The van der Waals surface area contributed by atoms with E-state index in [9.17, 15) is 28.8 Å². The van der Waals surface area contributed by atoms with Crippen LogP contribution in [0.25, 0.3) is 0 Å². The van der Waals surface area contributed by atoms with Crippen LogP contribution in [-0.2, 0) is 9.59 Å². The number of rotatable bonds is 10. The van der Waals surface area contributed by atoms with Gasteiger partial charge in [-0.05, 0) is 142 Å². The number of nitrogens with zero attached hydrogens (tertiary/aromatic N) is 1. The molecule has 0 spiro atoms. The summed E-state index contributed by atoms with van der Waals surface area (Å²) in [4.78, 5) is 78.3. The Balaban J connectivity index is 2.50. The van der Waals surface area contributed by atoms with Gasteiger partial charge in [-0.1, -0.05) is 0 Å². The van der Waals surface area contributed by atoms with Crippen molar-refractivity contribution < 1.29 is 33.9 Å². The molecule has 2 rings (SSSR count). The Kier molecular flexibility index (Phi) is 15.5. The number of halogens is 6. The van der Waals surface area contributed by atoms with Crippen LogP contribution in [-0.4, -0.2) is 74.2 Å². The lowest BCUT2D eigenvalue weighted by Gasteiger charge is -2.24. The second-order valence-electron chi connectivity index (χ2n) is 8.53. The zero-order valence-electron chi connectivity index (χ0n) is 22.7. The minimum atomic E-state index is -0.649. The number of Topliss-reactive ketones (excluding diaryl/α,β-unsaturated/α-hetero) is 1. The number of amides is 5. The monoisotopic (exact) mass is 1270 g/mol. The molecular weight excluding hydrogens is 1240 g/mol. The largest absolute Gasteiger partial charge is 0.395 e. The number of benzene rings is 2. The molecule has 5 amide bonds. The van der Waals surface area contributed by atoms with E-state index in [-0.39, 0.29) is 52.8 Å². The summed E-state index contributed by atoms with van der Waals surface area (Å²) < 4.78 is 2.45. The lowest BCUT2D eigenvalue weighted by molar-refractivity contribution is -0.116. The number of aliphatic hydroxyl groups excluding tert-OH is 1. The van der Waals surface area contributed by atoms with Gasteiger partial charge >= 0.3 is 0 Å². The Morgan fingerprint density at radius 1 is 0.698 bits per heavy atom. The Hall–Kier alpha value is -0.200. The molecule has 12 nitrogen and oxygen atoms in total. The Labute approximate surface area is 329 Å². The van der Waals surface area contributed by atoms with E-state index in [1.807, 2.05) is 136 Å². The molecule has 0 unspecified atom stereocenters. The summed E-state index contributed by atoms with van der Waals surface area (Å²) in [6.45, 7) is 1.95. The summed E-state index contributed by atoms with van der Waals surface area (Å²) in [7, 11) is 2.99. The molecule has 43 heavy (non-hydrogen) atoms. The van der Waals surface area contributed by atoms with Gasteiger partial charge in [0.2, 0.25) is 11.8 Å². The number of ketones is 1. The molecule has 0 atom stereocenters. The van der Waals surface area contributed by atoms with E-state index < -0.39 is 30.2 Å². The third kappa shape index (κ3) is 8.79. The zero-order valence-corrected chi connectivity index (χ0v) is 35.7. The second kappa shape index (κ2) is 17.1. The number of carbonyl (C=O) groups is 6. The van der Waals surface area contributed by atoms with E-state index in [0.29, 0.717) is 27.1 Å². The molecule has 5 N–H and O–H groups in total. The first-order valence-electron chi connectivity index (χ1n) is 11.9. The molecule has 18 heteroatoms. The van der Waals surface area contributed by atoms with Crippen LogP contribution >= 0.6 is 136 Å². The Bertz CT molecular complexity index is 1550. The highest BCUT2D eigenvalue weighted by atomic mass is 127. The molecule has 2 aromatic carbocycles. The first-order valence-corrected chi connectivity index (χ1v) is 18.4. The SMILES string of the molecule is CNC(=O)c1c(I)c(C(=O)NCC(=O)Nc2c(I)c(C(C)=O)c(I)c(C(=O)NCCO)c2I)c(I)c(N(C)C(C)=O)c1I. The van der Waals surface area contributed by atoms with E-state index in [2.05, 4.69) is 21.3 Å². The van der Waals surface area contributed by atoms with Crippen molar-refractivity contribution in [2.45, 2.75) is 13.8 Å². The lowest BCUT2D eigenvalue weighted by atomic mass is 10.1. The van der Waals surface area contributed by atoms with Gasteiger partial charge in [0.1, 0.15) is 0 Å². The highest BCUT2D eigenvalue weighted by molar-refractivity contribution is 14.1. The number of carbonyl (C=O) groups excluding carboxylic acids is 6. The van der Waals surface area contributed by atoms with Crippen LogP contribution in [0.1, 0.15) is 55.3 Å². The predicted octanol–water partition coefficient (Wildman–Crippen LogP) is 3.95. The summed E-state index contributed by atoms with van der Waals surface area (Å²) >= 11 is 11.5. The topological polar surface area (TPSA) is 174 Å². The molecule has 0 saturated carbocycles. The molecule has 0 heterocycles. The number of hydrogen-bond acceptors (Lipinski definition) is 7. The molecule has 0 aliphatic carbocycles. The standard InChI is InChI=1S/C25H23I6N5O7/c1-8(38)11-15(26)12(24(42)33-5-6-37)18(29)21(17(11)28)35-10(40)7-34-25(43)14-16(27)13(23(41)32-3)19(30)22(20(14)31)36(4)9(2)39/h37H,5-7H2,1-4H3,(H,32,41)(H,33,42)(H,34,43)(H,35,40). The van der Waals surface area contributed by atoms with Gasteiger partial charge in [-0.25, -0.2) is 0 Å². The van der Waals surface area contributed by atoms with Crippen LogP contribution in [0.4, 0.5) is 11.4 Å². The van der Waals surface area contributed by atoms with Gasteiger partial charge < -0.3 is 31.3 Å². The van der Waals surface area contributed by atoms with Gasteiger partial charge in [-0.2, -0.15) is 0 Å². The summed E-state index contributed by atoms with van der Waals surface area (Å²) in [6, 6.07) is 0. The third-order valence-corrected chi connectivity index (χ3v) is 12.2. The number of hydrogen-bond donors (Lipinski definition) is 5. The molecule has 0 aliphatic heterocycles. The molecule has 232 valence electrons. The Morgan fingerprint density at radius 2 is 1.16 bits per heavy atom. The van der Waals surface area contributed by atoms with E-state index in [1.54, 1.807) is 0 Å². The predicted molar refractivity (Wildman–Crippen MR) is 212 cm³/mol. The van der Waals surface area contributed by atoms with Crippen molar-refractivity contribution in [3.05, 3.63) is 43.7 Å². The molecule has 0 saturated heterocycles. The van der Waals surface area contributed by atoms with Crippen LogP contribution in [0.2, 0.25) is 0 Å². The van der Waals surface area contributed by atoms with Gasteiger partial charge in [-0.3, -0.25) is 28.8 Å². The van der Waals surface area contributed by atoms with Gasteiger partial charge in [0.15, 0.2) is 5.78 Å². The Morgan fingerprint density at radius 3 is 1.65 bits per heavy atom. The van der Waals surface area contributed by atoms with Gasteiger partial charge in [0, 0.05) is 43.8 Å². The molecule has 2 aromatic rings. The molecule has 0 aliphatic rings. The normalized spacial score (nSPS) is 10.6. The van der Waals surface area contributed by atoms with Crippen molar-refractivity contribution in [2.24, 2.45) is 0 Å². The van der Waals surface area contributed by atoms with Crippen LogP contribution < -0.4 is 26.2 Å². The minimum Gasteiger partial charge on any atom is -0.395 e. The molecular formula is C25H23I6N5O7. The van der Waals surface area contributed by atoms with Gasteiger partial charge in [-0.15, -0.1) is 0 Å². The highest BCUT2D eigenvalue weighted by Gasteiger charge is 2.31. The summed E-state index contributed by atoms with van der Waals surface area (Å²) in [5.74, 6) is -2.87. The first-order chi connectivity index (χ1) is 20.0. The smallest absolute Gasteiger partial charge is 0.253 e.